The second-order valence-electron chi connectivity index (χ2n) is 2.21. The molecule has 0 fully saturated rings. The lowest BCUT2D eigenvalue weighted by molar-refractivity contribution is 0.436. The van der Waals surface area contributed by atoms with Crippen molar-refractivity contribution in [2.45, 2.75) is 6.92 Å². The summed E-state index contributed by atoms with van der Waals surface area (Å²) in [5.74, 6) is 0.887. The predicted molar refractivity (Wildman–Crippen MR) is 38.9 cm³/mol. The van der Waals surface area contributed by atoms with E-state index >= 15 is 0 Å². The van der Waals surface area contributed by atoms with Crippen molar-refractivity contribution in [2.24, 2.45) is 0 Å². The van der Waals surface area contributed by atoms with E-state index in [0.29, 0.717) is 17.4 Å². The highest BCUT2D eigenvalue weighted by Gasteiger charge is 2.09. The Bertz CT molecular complexity index is 353. The normalized spacial score (nSPS) is 10.4. The smallest absolute Gasteiger partial charge is 0.319 e. The van der Waals surface area contributed by atoms with Gasteiger partial charge in [0.2, 0.25) is 5.82 Å². The Kier molecular flexibility index (Phi) is 1.33. The lowest BCUT2D eigenvalue weighted by Gasteiger charge is -1.78. The highest BCUT2D eigenvalue weighted by atomic mass is 16.5. The number of aryl methyl sites for hydroxylation is 1. The van der Waals surface area contributed by atoms with E-state index in [1.807, 2.05) is 0 Å². The van der Waals surface area contributed by atoms with Gasteiger partial charge in [0.25, 0.3) is 0 Å². The van der Waals surface area contributed by atoms with Gasteiger partial charge in [0.05, 0.1) is 0 Å². The van der Waals surface area contributed by atoms with Gasteiger partial charge in [-0.2, -0.15) is 4.98 Å². The third kappa shape index (κ3) is 1.03. The van der Waals surface area contributed by atoms with Gasteiger partial charge in [-0.1, -0.05) is 5.16 Å². The molecule has 0 saturated carbocycles. The summed E-state index contributed by atoms with van der Waals surface area (Å²) < 4.78 is 9.52. The molecular formula is C6H6N4O2. The molecule has 12 heavy (non-hydrogen) atoms. The van der Waals surface area contributed by atoms with Crippen LogP contribution in [0.3, 0.4) is 0 Å². The van der Waals surface area contributed by atoms with E-state index in [2.05, 4.69) is 19.6 Å². The number of nitrogen functional groups attached to an aromatic ring is 1. The number of aromatic nitrogens is 3. The van der Waals surface area contributed by atoms with Gasteiger partial charge in [-0.25, -0.2) is 4.98 Å². The summed E-state index contributed by atoms with van der Waals surface area (Å²) >= 11 is 0. The first kappa shape index (κ1) is 6.84. The standard InChI is InChI=1S/C6H6N4O2/c1-3-8-4(2-11-3)5-9-6(7)12-10-5/h2H,1H3,(H2,7,9,10). The maximum Gasteiger partial charge on any atom is 0.319 e. The summed E-state index contributed by atoms with van der Waals surface area (Å²) in [4.78, 5) is 7.76. The summed E-state index contributed by atoms with van der Waals surface area (Å²) in [6.07, 6.45) is 1.44. The Labute approximate surface area is 67.4 Å². The molecule has 2 rings (SSSR count). The number of hydrogen-bond acceptors (Lipinski definition) is 6. The van der Waals surface area contributed by atoms with Gasteiger partial charge in [-0.15, -0.1) is 0 Å². The molecule has 2 aromatic heterocycles. The molecule has 0 aliphatic carbocycles. The number of rotatable bonds is 1. The Morgan fingerprint density at radius 2 is 2.25 bits per heavy atom. The minimum atomic E-state index is 0.0191. The van der Waals surface area contributed by atoms with Crippen LogP contribution in [0.15, 0.2) is 15.2 Å². The van der Waals surface area contributed by atoms with Crippen molar-refractivity contribution in [1.82, 2.24) is 15.1 Å². The molecule has 0 amide bonds. The van der Waals surface area contributed by atoms with E-state index in [1.165, 1.54) is 6.26 Å². The summed E-state index contributed by atoms with van der Waals surface area (Å²) in [7, 11) is 0. The Morgan fingerprint density at radius 3 is 2.75 bits per heavy atom. The van der Waals surface area contributed by atoms with Crippen molar-refractivity contribution < 1.29 is 8.94 Å². The molecule has 62 valence electrons. The Balaban J connectivity index is 2.43. The van der Waals surface area contributed by atoms with Gasteiger partial charge < -0.3 is 14.7 Å². The number of oxazole rings is 1. The van der Waals surface area contributed by atoms with Crippen LogP contribution in [0, 0.1) is 6.92 Å². The molecule has 2 heterocycles. The number of nitrogens with two attached hydrogens (primary N) is 1. The average Bonchev–Trinajstić information content (AvgIpc) is 2.58. The number of anilines is 1. The van der Waals surface area contributed by atoms with Crippen LogP contribution in [0.4, 0.5) is 6.01 Å². The Hall–Kier alpha value is -1.85. The van der Waals surface area contributed by atoms with Crippen molar-refractivity contribution in [1.29, 1.82) is 0 Å². The van der Waals surface area contributed by atoms with E-state index in [-0.39, 0.29) is 6.01 Å². The Morgan fingerprint density at radius 1 is 1.42 bits per heavy atom. The summed E-state index contributed by atoms with van der Waals surface area (Å²) in [6.45, 7) is 1.73. The van der Waals surface area contributed by atoms with Crippen molar-refractivity contribution >= 4 is 6.01 Å². The van der Waals surface area contributed by atoms with E-state index in [9.17, 15) is 0 Å². The molecule has 0 unspecified atom stereocenters. The largest absolute Gasteiger partial charge is 0.449 e. The van der Waals surface area contributed by atoms with Crippen LogP contribution in [0.2, 0.25) is 0 Å². The topological polar surface area (TPSA) is 91.0 Å². The van der Waals surface area contributed by atoms with Crippen molar-refractivity contribution in [3.05, 3.63) is 12.2 Å². The molecule has 0 bridgehead atoms. The number of nitrogens with zero attached hydrogens (tertiary/aromatic N) is 3. The highest BCUT2D eigenvalue weighted by molar-refractivity contribution is 5.47. The molecule has 0 aliphatic rings. The van der Waals surface area contributed by atoms with E-state index in [0.717, 1.165) is 0 Å². The van der Waals surface area contributed by atoms with Gasteiger partial charge in [0, 0.05) is 6.92 Å². The second kappa shape index (κ2) is 2.33. The van der Waals surface area contributed by atoms with Crippen LogP contribution in [0.5, 0.6) is 0 Å². The molecule has 0 aromatic carbocycles. The highest BCUT2D eigenvalue weighted by Crippen LogP contribution is 2.14. The molecule has 6 heteroatoms. The van der Waals surface area contributed by atoms with Crippen LogP contribution in [-0.2, 0) is 0 Å². The first-order chi connectivity index (χ1) is 5.75. The van der Waals surface area contributed by atoms with Gasteiger partial charge >= 0.3 is 6.01 Å². The van der Waals surface area contributed by atoms with Crippen LogP contribution in [-0.4, -0.2) is 15.1 Å². The van der Waals surface area contributed by atoms with Gasteiger partial charge in [0.1, 0.15) is 6.26 Å². The first-order valence-corrected chi connectivity index (χ1v) is 3.27. The van der Waals surface area contributed by atoms with Crippen molar-refractivity contribution in [2.75, 3.05) is 5.73 Å². The minimum absolute atomic E-state index is 0.0191. The van der Waals surface area contributed by atoms with E-state index in [4.69, 9.17) is 10.2 Å². The molecule has 0 radical (unpaired) electrons. The molecule has 0 aliphatic heterocycles. The van der Waals surface area contributed by atoms with Crippen molar-refractivity contribution in [3.63, 3.8) is 0 Å². The van der Waals surface area contributed by atoms with Crippen LogP contribution in [0.1, 0.15) is 5.89 Å². The van der Waals surface area contributed by atoms with E-state index < -0.39 is 0 Å². The number of hydrogen-bond donors (Lipinski definition) is 1. The second-order valence-corrected chi connectivity index (χ2v) is 2.21. The third-order valence-electron chi connectivity index (χ3n) is 1.29. The van der Waals surface area contributed by atoms with Gasteiger partial charge in [-0.3, -0.25) is 0 Å². The molecule has 2 aromatic rings. The molecular weight excluding hydrogens is 160 g/mol. The fourth-order valence-electron chi connectivity index (χ4n) is 0.805. The molecule has 0 spiro atoms. The average molecular weight is 166 g/mol. The summed E-state index contributed by atoms with van der Waals surface area (Å²) in [5.41, 5.74) is 5.75. The van der Waals surface area contributed by atoms with Crippen LogP contribution < -0.4 is 5.73 Å². The zero-order chi connectivity index (χ0) is 8.55. The molecule has 2 N–H and O–H groups in total. The van der Waals surface area contributed by atoms with Crippen LogP contribution >= 0.6 is 0 Å². The minimum Gasteiger partial charge on any atom is -0.449 e. The predicted octanol–water partition coefficient (Wildman–Crippen LogP) is 0.615. The maximum absolute atomic E-state index is 5.22. The monoisotopic (exact) mass is 166 g/mol. The fraction of sp³-hybridized carbons (Fsp3) is 0.167. The SMILES string of the molecule is Cc1nc(-c2noc(N)n2)co1. The summed E-state index contributed by atoms with van der Waals surface area (Å²) in [6, 6.07) is 0.0191. The first-order valence-electron chi connectivity index (χ1n) is 3.27. The quantitative estimate of drug-likeness (QED) is 0.667. The summed E-state index contributed by atoms with van der Waals surface area (Å²) in [5, 5.41) is 3.57. The van der Waals surface area contributed by atoms with Crippen molar-refractivity contribution in [3.8, 4) is 11.5 Å². The van der Waals surface area contributed by atoms with Gasteiger partial charge in [0.15, 0.2) is 11.6 Å². The molecule has 0 saturated heterocycles. The van der Waals surface area contributed by atoms with E-state index in [1.54, 1.807) is 6.92 Å². The molecule has 6 nitrogen and oxygen atoms in total. The van der Waals surface area contributed by atoms with Gasteiger partial charge in [-0.05, 0) is 0 Å². The maximum atomic E-state index is 5.22. The zero-order valence-electron chi connectivity index (χ0n) is 6.31. The van der Waals surface area contributed by atoms with Crippen LogP contribution in [0.25, 0.3) is 11.5 Å². The molecule has 0 atom stereocenters. The fourth-order valence-corrected chi connectivity index (χ4v) is 0.805. The zero-order valence-corrected chi connectivity index (χ0v) is 6.31. The lowest BCUT2D eigenvalue weighted by Crippen LogP contribution is -1.84. The lowest BCUT2D eigenvalue weighted by atomic mass is 10.5. The third-order valence-corrected chi connectivity index (χ3v) is 1.29.